The lowest BCUT2D eigenvalue weighted by Crippen LogP contribution is -2.46. The first-order valence-corrected chi connectivity index (χ1v) is 6.21. The van der Waals surface area contributed by atoms with Gasteiger partial charge in [0.15, 0.2) is 0 Å². The second-order valence-electron chi connectivity index (χ2n) is 5.03. The van der Waals surface area contributed by atoms with Gasteiger partial charge < -0.3 is 10.4 Å². The summed E-state index contributed by atoms with van der Waals surface area (Å²) in [4.78, 5) is 11.1. The Morgan fingerprint density at radius 2 is 2.13 bits per heavy atom. The van der Waals surface area contributed by atoms with Gasteiger partial charge in [-0.1, -0.05) is 19.8 Å². The lowest BCUT2D eigenvalue weighted by molar-refractivity contribution is -0.140. The van der Waals surface area contributed by atoms with Gasteiger partial charge in [0, 0.05) is 6.04 Å². The van der Waals surface area contributed by atoms with Gasteiger partial charge in [0.25, 0.3) is 0 Å². The molecule has 0 radical (unpaired) electrons. The number of carboxylic acids is 1. The molecule has 0 aliphatic heterocycles. The number of carboxylic acid groups (broad SMARTS) is 1. The molecule has 15 heavy (non-hydrogen) atoms. The van der Waals surface area contributed by atoms with E-state index in [1.807, 2.05) is 0 Å². The maximum atomic E-state index is 11.1. The topological polar surface area (TPSA) is 49.3 Å². The van der Waals surface area contributed by atoms with Crippen molar-refractivity contribution in [3.63, 3.8) is 0 Å². The normalized spacial score (nSPS) is 32.9. The molecule has 2 rings (SSSR count). The second-order valence-corrected chi connectivity index (χ2v) is 5.03. The van der Waals surface area contributed by atoms with Crippen molar-refractivity contribution in [3.8, 4) is 0 Å². The number of rotatable bonds is 5. The van der Waals surface area contributed by atoms with Crippen molar-refractivity contribution >= 4 is 5.97 Å². The Kier molecular flexibility index (Phi) is 3.29. The van der Waals surface area contributed by atoms with Gasteiger partial charge in [-0.05, 0) is 37.5 Å². The molecule has 3 heteroatoms. The molecule has 0 saturated heterocycles. The van der Waals surface area contributed by atoms with Crippen molar-refractivity contribution in [1.82, 2.24) is 5.32 Å². The van der Waals surface area contributed by atoms with Gasteiger partial charge in [-0.25, -0.2) is 0 Å². The fourth-order valence-corrected chi connectivity index (χ4v) is 2.81. The van der Waals surface area contributed by atoms with Crippen LogP contribution < -0.4 is 5.32 Å². The molecular weight excluding hydrogens is 190 g/mol. The molecule has 3 nitrogen and oxygen atoms in total. The molecule has 0 aromatic carbocycles. The maximum Gasteiger partial charge on any atom is 0.320 e. The third-order valence-corrected chi connectivity index (χ3v) is 3.94. The average Bonchev–Trinajstić information content (AvgIpc) is 2.93. The quantitative estimate of drug-likeness (QED) is 0.731. The Labute approximate surface area is 91.2 Å². The molecule has 2 saturated carbocycles. The first-order valence-electron chi connectivity index (χ1n) is 6.21. The molecule has 0 aromatic rings. The van der Waals surface area contributed by atoms with Crippen LogP contribution >= 0.6 is 0 Å². The van der Waals surface area contributed by atoms with Crippen LogP contribution in [0.25, 0.3) is 0 Å². The highest BCUT2D eigenvalue weighted by Crippen LogP contribution is 2.35. The fraction of sp³-hybridized carbons (Fsp3) is 0.917. The van der Waals surface area contributed by atoms with E-state index in [0.717, 1.165) is 19.3 Å². The molecule has 0 aromatic heterocycles. The molecule has 2 N–H and O–H groups in total. The van der Waals surface area contributed by atoms with Crippen molar-refractivity contribution in [2.75, 3.05) is 0 Å². The Bertz CT molecular complexity index is 238. The highest BCUT2D eigenvalue weighted by Gasteiger charge is 2.39. The van der Waals surface area contributed by atoms with E-state index in [-0.39, 0.29) is 6.04 Å². The van der Waals surface area contributed by atoms with Crippen LogP contribution in [-0.4, -0.2) is 23.2 Å². The zero-order valence-corrected chi connectivity index (χ0v) is 9.41. The van der Waals surface area contributed by atoms with E-state index >= 15 is 0 Å². The molecule has 2 fully saturated rings. The summed E-state index contributed by atoms with van der Waals surface area (Å²) in [6.07, 6.45) is 7.04. The highest BCUT2D eigenvalue weighted by molar-refractivity contribution is 5.74. The maximum absolute atomic E-state index is 11.1. The third-order valence-electron chi connectivity index (χ3n) is 3.94. The summed E-state index contributed by atoms with van der Waals surface area (Å²) in [5, 5.41) is 12.5. The van der Waals surface area contributed by atoms with Gasteiger partial charge in [-0.3, -0.25) is 4.79 Å². The van der Waals surface area contributed by atoms with Gasteiger partial charge >= 0.3 is 5.97 Å². The van der Waals surface area contributed by atoms with Crippen molar-refractivity contribution in [1.29, 1.82) is 0 Å². The number of carbonyl (C=O) groups is 1. The summed E-state index contributed by atoms with van der Waals surface area (Å²) in [6.45, 7) is 2.21. The molecule has 3 atom stereocenters. The summed E-state index contributed by atoms with van der Waals surface area (Å²) >= 11 is 0. The monoisotopic (exact) mass is 211 g/mol. The smallest absolute Gasteiger partial charge is 0.320 e. The van der Waals surface area contributed by atoms with Gasteiger partial charge in [-0.2, -0.15) is 0 Å². The summed E-state index contributed by atoms with van der Waals surface area (Å²) in [5.74, 6) is 0.449. The van der Waals surface area contributed by atoms with Crippen LogP contribution in [0, 0.1) is 11.8 Å². The number of hydrogen-bond donors (Lipinski definition) is 2. The third kappa shape index (κ3) is 2.51. The first kappa shape index (κ1) is 10.9. The van der Waals surface area contributed by atoms with Gasteiger partial charge in [0.05, 0.1) is 0 Å². The summed E-state index contributed by atoms with van der Waals surface area (Å²) in [6, 6.07) is 0.179. The van der Waals surface area contributed by atoms with Crippen LogP contribution in [0.4, 0.5) is 0 Å². The predicted octanol–water partition coefficient (Wildman–Crippen LogP) is 2.02. The van der Waals surface area contributed by atoms with Crippen molar-refractivity contribution in [2.45, 2.75) is 57.5 Å². The molecular formula is C12H21NO2. The van der Waals surface area contributed by atoms with Gasteiger partial charge in [-0.15, -0.1) is 0 Å². The van der Waals surface area contributed by atoms with Crippen molar-refractivity contribution in [2.24, 2.45) is 11.8 Å². The summed E-state index contributed by atoms with van der Waals surface area (Å²) in [5.41, 5.74) is 0. The molecule has 0 bridgehead atoms. The van der Waals surface area contributed by atoms with Crippen LogP contribution in [0.1, 0.15) is 45.4 Å². The van der Waals surface area contributed by atoms with Crippen LogP contribution in [0.15, 0.2) is 0 Å². The van der Waals surface area contributed by atoms with E-state index in [4.69, 9.17) is 5.11 Å². The summed E-state index contributed by atoms with van der Waals surface area (Å²) < 4.78 is 0. The van der Waals surface area contributed by atoms with E-state index < -0.39 is 5.97 Å². The van der Waals surface area contributed by atoms with Crippen LogP contribution in [-0.2, 0) is 4.79 Å². The van der Waals surface area contributed by atoms with Crippen molar-refractivity contribution < 1.29 is 9.90 Å². The van der Waals surface area contributed by atoms with Crippen LogP contribution in [0.2, 0.25) is 0 Å². The molecule has 0 amide bonds. The standard InChI is InChI=1S/C12H21NO2/c1-2-8-4-3-5-10(8)13-11(12(14)15)9-6-7-9/h8-11,13H,2-7H2,1H3,(H,14,15). The number of nitrogens with one attached hydrogen (secondary N) is 1. The largest absolute Gasteiger partial charge is 0.480 e. The lowest BCUT2D eigenvalue weighted by Gasteiger charge is -2.24. The Morgan fingerprint density at radius 3 is 2.67 bits per heavy atom. The minimum absolute atomic E-state index is 0.276. The minimum atomic E-state index is -0.653. The van der Waals surface area contributed by atoms with Crippen molar-refractivity contribution in [3.05, 3.63) is 0 Å². The molecule has 0 spiro atoms. The van der Waals surface area contributed by atoms with E-state index in [2.05, 4.69) is 12.2 Å². The van der Waals surface area contributed by atoms with Crippen LogP contribution in [0.5, 0.6) is 0 Å². The molecule has 2 aliphatic carbocycles. The molecule has 86 valence electrons. The zero-order valence-electron chi connectivity index (χ0n) is 9.41. The predicted molar refractivity (Wildman–Crippen MR) is 58.7 cm³/mol. The average molecular weight is 211 g/mol. The van der Waals surface area contributed by atoms with E-state index in [1.165, 1.54) is 19.3 Å². The minimum Gasteiger partial charge on any atom is -0.480 e. The highest BCUT2D eigenvalue weighted by atomic mass is 16.4. The molecule has 2 aliphatic rings. The zero-order chi connectivity index (χ0) is 10.8. The van der Waals surface area contributed by atoms with Gasteiger partial charge in [0.1, 0.15) is 6.04 Å². The summed E-state index contributed by atoms with van der Waals surface area (Å²) in [7, 11) is 0. The van der Waals surface area contributed by atoms with E-state index in [0.29, 0.717) is 17.9 Å². The Balaban J connectivity index is 1.90. The Morgan fingerprint density at radius 1 is 1.40 bits per heavy atom. The first-order chi connectivity index (χ1) is 7.22. The SMILES string of the molecule is CCC1CCCC1NC(C(=O)O)C1CC1. The van der Waals surface area contributed by atoms with Gasteiger partial charge in [0.2, 0.25) is 0 Å². The second kappa shape index (κ2) is 4.52. The number of aliphatic carboxylic acids is 1. The van der Waals surface area contributed by atoms with Crippen LogP contribution in [0.3, 0.4) is 0 Å². The van der Waals surface area contributed by atoms with E-state index in [1.54, 1.807) is 0 Å². The molecule has 3 unspecified atom stereocenters. The fourth-order valence-electron chi connectivity index (χ4n) is 2.81. The van der Waals surface area contributed by atoms with E-state index in [9.17, 15) is 4.79 Å². The number of hydrogen-bond acceptors (Lipinski definition) is 2. The lowest BCUT2D eigenvalue weighted by atomic mass is 9.99. The molecule has 0 heterocycles. The Hall–Kier alpha value is -0.570.